The summed E-state index contributed by atoms with van der Waals surface area (Å²) in [6.07, 6.45) is 2.97. The molecule has 0 aromatic carbocycles. The van der Waals surface area contributed by atoms with E-state index in [1.54, 1.807) is 0 Å². The molecule has 1 unspecified atom stereocenters. The van der Waals surface area contributed by atoms with E-state index in [2.05, 4.69) is 5.32 Å². The molecular formula is C9H19NO2S. The SMILES string of the molecule is CNCCCS(=O)C1CCOCC1. The maximum atomic E-state index is 11.7. The van der Waals surface area contributed by atoms with Gasteiger partial charge in [-0.05, 0) is 32.9 Å². The number of rotatable bonds is 5. The summed E-state index contributed by atoms with van der Waals surface area (Å²) in [4.78, 5) is 0. The van der Waals surface area contributed by atoms with Crippen LogP contribution >= 0.6 is 0 Å². The minimum absolute atomic E-state index is 0.394. The normalized spacial score (nSPS) is 21.6. The van der Waals surface area contributed by atoms with Gasteiger partial charge < -0.3 is 10.1 Å². The Morgan fingerprint density at radius 2 is 2.15 bits per heavy atom. The van der Waals surface area contributed by atoms with Gasteiger partial charge in [0.05, 0.1) is 0 Å². The fourth-order valence-electron chi connectivity index (χ4n) is 1.50. The number of hydrogen-bond acceptors (Lipinski definition) is 3. The molecule has 78 valence electrons. The van der Waals surface area contributed by atoms with Gasteiger partial charge in [-0.25, -0.2) is 0 Å². The highest BCUT2D eigenvalue weighted by molar-refractivity contribution is 7.85. The van der Waals surface area contributed by atoms with E-state index in [1.165, 1.54) is 0 Å². The van der Waals surface area contributed by atoms with Crippen LogP contribution in [0.4, 0.5) is 0 Å². The van der Waals surface area contributed by atoms with Crippen molar-refractivity contribution in [2.45, 2.75) is 24.5 Å². The first kappa shape index (κ1) is 11.1. The molecule has 0 aromatic heterocycles. The summed E-state index contributed by atoms with van der Waals surface area (Å²) in [5.41, 5.74) is 0. The molecule has 0 bridgehead atoms. The molecule has 0 amide bonds. The van der Waals surface area contributed by atoms with E-state index in [4.69, 9.17) is 4.74 Å². The van der Waals surface area contributed by atoms with E-state index in [0.29, 0.717) is 5.25 Å². The lowest BCUT2D eigenvalue weighted by molar-refractivity contribution is 0.0992. The van der Waals surface area contributed by atoms with Crippen molar-refractivity contribution in [2.75, 3.05) is 32.6 Å². The molecule has 0 aromatic rings. The van der Waals surface area contributed by atoms with Gasteiger partial charge in [-0.15, -0.1) is 0 Å². The summed E-state index contributed by atoms with van der Waals surface area (Å²) in [6, 6.07) is 0. The van der Waals surface area contributed by atoms with Crippen LogP contribution in [0.25, 0.3) is 0 Å². The van der Waals surface area contributed by atoms with Crippen molar-refractivity contribution in [3.05, 3.63) is 0 Å². The first-order valence-electron chi connectivity index (χ1n) is 4.94. The summed E-state index contributed by atoms with van der Waals surface area (Å²) < 4.78 is 16.9. The second kappa shape index (κ2) is 6.51. The van der Waals surface area contributed by atoms with Crippen molar-refractivity contribution in [3.63, 3.8) is 0 Å². The first-order chi connectivity index (χ1) is 6.34. The molecule has 1 fully saturated rings. The zero-order valence-corrected chi connectivity index (χ0v) is 9.07. The highest BCUT2D eigenvalue weighted by Gasteiger charge is 2.19. The van der Waals surface area contributed by atoms with Gasteiger partial charge in [0.25, 0.3) is 0 Å². The molecule has 0 saturated carbocycles. The van der Waals surface area contributed by atoms with Crippen LogP contribution in [0.5, 0.6) is 0 Å². The fourth-order valence-corrected chi connectivity index (χ4v) is 2.98. The monoisotopic (exact) mass is 205 g/mol. The molecule has 3 nitrogen and oxygen atoms in total. The van der Waals surface area contributed by atoms with Gasteiger partial charge in [-0.1, -0.05) is 0 Å². The molecule has 0 spiro atoms. The van der Waals surface area contributed by atoms with Crippen molar-refractivity contribution in [2.24, 2.45) is 0 Å². The van der Waals surface area contributed by atoms with Crippen molar-refractivity contribution in [1.29, 1.82) is 0 Å². The molecule has 1 N–H and O–H groups in total. The molecule has 1 aliphatic heterocycles. The van der Waals surface area contributed by atoms with Crippen LogP contribution in [0.2, 0.25) is 0 Å². The third-order valence-corrected chi connectivity index (χ3v) is 4.22. The summed E-state index contributed by atoms with van der Waals surface area (Å²) in [5, 5.41) is 3.46. The van der Waals surface area contributed by atoms with Crippen LogP contribution in [-0.4, -0.2) is 42.0 Å². The molecule has 1 rings (SSSR count). The summed E-state index contributed by atoms with van der Waals surface area (Å²) in [5.74, 6) is 0.839. The van der Waals surface area contributed by atoms with Gasteiger partial charge in [0.2, 0.25) is 0 Å². The largest absolute Gasteiger partial charge is 0.381 e. The predicted octanol–water partition coefficient (Wildman–Crippen LogP) is 0.524. The molecular weight excluding hydrogens is 186 g/mol. The van der Waals surface area contributed by atoms with Gasteiger partial charge in [0, 0.05) is 35.0 Å². The maximum absolute atomic E-state index is 11.7. The third-order valence-electron chi connectivity index (χ3n) is 2.31. The summed E-state index contributed by atoms with van der Waals surface area (Å²) >= 11 is 0. The lowest BCUT2D eigenvalue weighted by Gasteiger charge is -2.21. The Balaban J connectivity index is 2.13. The minimum Gasteiger partial charge on any atom is -0.381 e. The highest BCUT2D eigenvalue weighted by atomic mass is 32.2. The van der Waals surface area contributed by atoms with Crippen molar-refractivity contribution in [1.82, 2.24) is 5.32 Å². The van der Waals surface area contributed by atoms with E-state index >= 15 is 0 Å². The molecule has 1 heterocycles. The molecule has 1 saturated heterocycles. The molecule has 1 atom stereocenters. The van der Waals surface area contributed by atoms with E-state index < -0.39 is 10.8 Å². The van der Waals surface area contributed by atoms with Crippen molar-refractivity contribution < 1.29 is 8.95 Å². The van der Waals surface area contributed by atoms with Gasteiger partial charge in [-0.3, -0.25) is 4.21 Å². The Bertz CT molecular complexity index is 158. The standard InChI is InChI=1S/C9H19NO2S/c1-10-5-2-8-13(11)9-3-6-12-7-4-9/h9-10H,2-8H2,1H3. The maximum Gasteiger partial charge on any atom is 0.0477 e. The zero-order chi connectivity index (χ0) is 9.52. The van der Waals surface area contributed by atoms with Gasteiger partial charge in [-0.2, -0.15) is 0 Å². The number of ether oxygens (including phenoxy) is 1. The van der Waals surface area contributed by atoms with Crippen LogP contribution in [0.15, 0.2) is 0 Å². The zero-order valence-electron chi connectivity index (χ0n) is 8.25. The smallest absolute Gasteiger partial charge is 0.0477 e. The van der Waals surface area contributed by atoms with Crippen molar-refractivity contribution >= 4 is 10.8 Å². The van der Waals surface area contributed by atoms with Crippen LogP contribution < -0.4 is 5.32 Å². The second-order valence-electron chi connectivity index (χ2n) is 3.35. The molecule has 0 aliphatic carbocycles. The number of hydrogen-bond donors (Lipinski definition) is 1. The van der Waals surface area contributed by atoms with E-state index in [1.807, 2.05) is 7.05 Å². The van der Waals surface area contributed by atoms with E-state index in [0.717, 1.165) is 44.8 Å². The Labute approximate surface area is 82.7 Å². The second-order valence-corrected chi connectivity index (χ2v) is 5.19. The van der Waals surface area contributed by atoms with E-state index in [9.17, 15) is 4.21 Å². The predicted molar refractivity (Wildman–Crippen MR) is 55.4 cm³/mol. The minimum atomic E-state index is -0.628. The van der Waals surface area contributed by atoms with Gasteiger partial charge >= 0.3 is 0 Å². The Morgan fingerprint density at radius 3 is 2.77 bits per heavy atom. The summed E-state index contributed by atoms with van der Waals surface area (Å²) in [7, 11) is 1.30. The Morgan fingerprint density at radius 1 is 1.46 bits per heavy atom. The summed E-state index contributed by atoms with van der Waals surface area (Å²) in [6.45, 7) is 2.56. The van der Waals surface area contributed by atoms with Crippen LogP contribution in [0.3, 0.4) is 0 Å². The molecule has 0 radical (unpaired) electrons. The third kappa shape index (κ3) is 4.20. The molecule has 13 heavy (non-hydrogen) atoms. The Hall–Kier alpha value is 0.0700. The van der Waals surface area contributed by atoms with Gasteiger partial charge in [0.1, 0.15) is 0 Å². The quantitative estimate of drug-likeness (QED) is 0.665. The fraction of sp³-hybridized carbons (Fsp3) is 1.00. The highest BCUT2D eigenvalue weighted by Crippen LogP contribution is 2.13. The molecule has 1 aliphatic rings. The van der Waals surface area contributed by atoms with Crippen LogP contribution in [0.1, 0.15) is 19.3 Å². The molecule has 4 heteroatoms. The first-order valence-corrected chi connectivity index (χ1v) is 6.32. The van der Waals surface area contributed by atoms with Crippen molar-refractivity contribution in [3.8, 4) is 0 Å². The number of nitrogens with one attached hydrogen (secondary N) is 1. The van der Waals surface area contributed by atoms with Gasteiger partial charge in [0.15, 0.2) is 0 Å². The average Bonchev–Trinajstić information content (AvgIpc) is 2.19. The lowest BCUT2D eigenvalue weighted by Crippen LogP contribution is -2.27. The topological polar surface area (TPSA) is 38.3 Å². The lowest BCUT2D eigenvalue weighted by atomic mass is 10.2. The average molecular weight is 205 g/mol. The van der Waals surface area contributed by atoms with Crippen LogP contribution in [-0.2, 0) is 15.5 Å². The van der Waals surface area contributed by atoms with E-state index in [-0.39, 0.29) is 0 Å². The van der Waals surface area contributed by atoms with Crippen LogP contribution in [0, 0.1) is 0 Å². The Kier molecular flexibility index (Phi) is 5.58.